The van der Waals surface area contributed by atoms with Gasteiger partial charge >= 0.3 is 0 Å². The molecule has 1 rings (SSSR count). The lowest BCUT2D eigenvalue weighted by atomic mass is 10.2. The lowest BCUT2D eigenvalue weighted by molar-refractivity contribution is -0.121. The summed E-state index contributed by atoms with van der Waals surface area (Å²) in [6.45, 7) is 6.51. The van der Waals surface area contributed by atoms with E-state index in [0.717, 1.165) is 24.1 Å². The van der Waals surface area contributed by atoms with E-state index in [1.165, 1.54) is 6.92 Å². The number of carbonyl (C=O) groups is 2. The Morgan fingerprint density at radius 3 is 2.62 bits per heavy atom. The van der Waals surface area contributed by atoms with Crippen LogP contribution in [0.15, 0.2) is 18.2 Å². The second-order valence-electron chi connectivity index (χ2n) is 5.06. The molecule has 0 bridgehead atoms. The van der Waals surface area contributed by atoms with Gasteiger partial charge in [-0.2, -0.15) is 0 Å². The van der Waals surface area contributed by atoms with Gasteiger partial charge in [-0.15, -0.1) is 0 Å². The number of nitrogens with zero attached hydrogens (tertiary/aromatic N) is 1. The Balaban J connectivity index is 2.64. The molecule has 0 heterocycles. The van der Waals surface area contributed by atoms with E-state index in [4.69, 9.17) is 11.6 Å². The van der Waals surface area contributed by atoms with E-state index in [1.807, 2.05) is 19.1 Å². The Labute approximate surface area is 131 Å². The molecule has 1 aromatic rings. The van der Waals surface area contributed by atoms with E-state index in [-0.39, 0.29) is 18.2 Å². The van der Waals surface area contributed by atoms with Crippen molar-refractivity contribution in [1.82, 2.24) is 5.32 Å². The average molecular weight is 311 g/mol. The van der Waals surface area contributed by atoms with Gasteiger partial charge in [-0.25, -0.2) is 0 Å². The van der Waals surface area contributed by atoms with Crippen LogP contribution in [-0.4, -0.2) is 24.9 Å². The SMILES string of the molecule is CCCCNC(=O)CCN(C(C)=O)c1ccc(C)c(Cl)c1. The number of halogens is 1. The number of carbonyl (C=O) groups excluding carboxylic acids is 2. The Kier molecular flexibility index (Phi) is 7.23. The van der Waals surface area contributed by atoms with Gasteiger partial charge in [0.15, 0.2) is 0 Å². The number of amides is 2. The lowest BCUT2D eigenvalue weighted by Crippen LogP contribution is -2.34. The van der Waals surface area contributed by atoms with Crippen LogP contribution in [0.25, 0.3) is 0 Å². The second kappa shape index (κ2) is 8.67. The van der Waals surface area contributed by atoms with Gasteiger partial charge in [-0.1, -0.05) is 31.0 Å². The molecule has 5 heteroatoms. The number of benzene rings is 1. The Morgan fingerprint density at radius 2 is 2.05 bits per heavy atom. The fourth-order valence-electron chi connectivity index (χ4n) is 1.92. The zero-order valence-corrected chi connectivity index (χ0v) is 13.7. The van der Waals surface area contributed by atoms with Crippen LogP contribution in [0, 0.1) is 6.92 Å². The first-order chi connectivity index (χ1) is 9.95. The molecule has 1 N–H and O–H groups in total. The third kappa shape index (κ3) is 5.76. The monoisotopic (exact) mass is 310 g/mol. The van der Waals surface area contributed by atoms with Gasteiger partial charge in [0, 0.05) is 37.1 Å². The van der Waals surface area contributed by atoms with Crippen LogP contribution in [0.5, 0.6) is 0 Å². The zero-order chi connectivity index (χ0) is 15.8. The number of unbranched alkanes of at least 4 members (excludes halogenated alkanes) is 1. The third-order valence-corrected chi connectivity index (χ3v) is 3.67. The minimum absolute atomic E-state index is 0.0343. The first-order valence-electron chi connectivity index (χ1n) is 7.26. The van der Waals surface area contributed by atoms with Gasteiger partial charge in [-0.3, -0.25) is 9.59 Å². The maximum Gasteiger partial charge on any atom is 0.223 e. The van der Waals surface area contributed by atoms with Crippen LogP contribution in [0.4, 0.5) is 5.69 Å². The molecule has 21 heavy (non-hydrogen) atoms. The minimum Gasteiger partial charge on any atom is -0.356 e. The summed E-state index contributed by atoms with van der Waals surface area (Å²) in [7, 11) is 0. The highest BCUT2D eigenvalue weighted by atomic mass is 35.5. The molecule has 0 aliphatic rings. The number of aryl methyl sites for hydroxylation is 1. The van der Waals surface area contributed by atoms with Crippen molar-refractivity contribution in [2.45, 2.75) is 40.0 Å². The van der Waals surface area contributed by atoms with E-state index in [0.29, 0.717) is 18.1 Å². The Hall–Kier alpha value is -1.55. The molecule has 0 atom stereocenters. The fraction of sp³-hybridized carbons (Fsp3) is 0.500. The van der Waals surface area contributed by atoms with Gasteiger partial charge in [0.25, 0.3) is 0 Å². The predicted molar refractivity (Wildman–Crippen MR) is 86.8 cm³/mol. The molecule has 0 radical (unpaired) electrons. The van der Waals surface area contributed by atoms with Crippen molar-refractivity contribution in [3.8, 4) is 0 Å². The van der Waals surface area contributed by atoms with Crippen LogP contribution in [0.1, 0.15) is 38.7 Å². The van der Waals surface area contributed by atoms with Crippen LogP contribution in [0.3, 0.4) is 0 Å². The molecule has 0 aromatic heterocycles. The molecule has 0 unspecified atom stereocenters. The van der Waals surface area contributed by atoms with E-state index in [2.05, 4.69) is 12.2 Å². The van der Waals surface area contributed by atoms with Crippen molar-refractivity contribution in [3.63, 3.8) is 0 Å². The standard InChI is InChI=1S/C16H23ClN2O2/c1-4-5-9-18-16(21)8-10-19(13(3)20)14-7-6-12(2)15(17)11-14/h6-7,11H,4-5,8-10H2,1-3H3,(H,18,21). The van der Waals surface area contributed by atoms with Gasteiger partial charge in [-0.05, 0) is 31.0 Å². The molecule has 0 aliphatic heterocycles. The minimum atomic E-state index is -0.101. The average Bonchev–Trinajstić information content (AvgIpc) is 2.43. The summed E-state index contributed by atoms with van der Waals surface area (Å²) >= 11 is 6.09. The summed E-state index contributed by atoms with van der Waals surface area (Å²) in [5, 5.41) is 3.46. The van der Waals surface area contributed by atoms with Gasteiger partial charge in [0.05, 0.1) is 0 Å². The van der Waals surface area contributed by atoms with E-state index in [1.54, 1.807) is 11.0 Å². The molecule has 0 fully saturated rings. The fourth-order valence-corrected chi connectivity index (χ4v) is 2.10. The topological polar surface area (TPSA) is 49.4 Å². The van der Waals surface area contributed by atoms with Crippen molar-refractivity contribution in [3.05, 3.63) is 28.8 Å². The van der Waals surface area contributed by atoms with Gasteiger partial charge < -0.3 is 10.2 Å². The van der Waals surface area contributed by atoms with Crippen LogP contribution in [0.2, 0.25) is 5.02 Å². The largest absolute Gasteiger partial charge is 0.356 e. The number of hydrogen-bond acceptors (Lipinski definition) is 2. The van der Waals surface area contributed by atoms with E-state index in [9.17, 15) is 9.59 Å². The van der Waals surface area contributed by atoms with Crippen molar-refractivity contribution in [1.29, 1.82) is 0 Å². The normalized spacial score (nSPS) is 10.3. The number of anilines is 1. The van der Waals surface area contributed by atoms with Gasteiger partial charge in [0.1, 0.15) is 0 Å². The predicted octanol–water partition coefficient (Wildman–Crippen LogP) is 3.31. The van der Waals surface area contributed by atoms with Crippen molar-refractivity contribution >= 4 is 29.1 Å². The summed E-state index contributed by atoms with van der Waals surface area (Å²) < 4.78 is 0. The van der Waals surface area contributed by atoms with Crippen LogP contribution < -0.4 is 10.2 Å². The Morgan fingerprint density at radius 1 is 1.33 bits per heavy atom. The molecule has 0 spiro atoms. The van der Waals surface area contributed by atoms with Crippen LogP contribution in [-0.2, 0) is 9.59 Å². The molecule has 0 aliphatic carbocycles. The van der Waals surface area contributed by atoms with Crippen molar-refractivity contribution in [2.75, 3.05) is 18.0 Å². The Bertz CT molecular complexity index is 503. The summed E-state index contributed by atoms with van der Waals surface area (Å²) in [4.78, 5) is 25.1. The molecular weight excluding hydrogens is 288 g/mol. The molecule has 2 amide bonds. The number of hydrogen-bond donors (Lipinski definition) is 1. The summed E-state index contributed by atoms with van der Waals surface area (Å²) in [5.41, 5.74) is 1.68. The van der Waals surface area contributed by atoms with Gasteiger partial charge in [0.2, 0.25) is 11.8 Å². The molecule has 116 valence electrons. The molecule has 0 saturated carbocycles. The van der Waals surface area contributed by atoms with E-state index >= 15 is 0 Å². The summed E-state index contributed by atoms with van der Waals surface area (Å²) in [6.07, 6.45) is 2.30. The summed E-state index contributed by atoms with van der Waals surface area (Å²) in [5.74, 6) is -0.135. The second-order valence-corrected chi connectivity index (χ2v) is 5.46. The van der Waals surface area contributed by atoms with Crippen molar-refractivity contribution in [2.24, 2.45) is 0 Å². The number of rotatable bonds is 7. The van der Waals surface area contributed by atoms with E-state index < -0.39 is 0 Å². The molecular formula is C16H23ClN2O2. The maximum absolute atomic E-state index is 11.8. The zero-order valence-electron chi connectivity index (χ0n) is 12.9. The highest BCUT2D eigenvalue weighted by Crippen LogP contribution is 2.23. The lowest BCUT2D eigenvalue weighted by Gasteiger charge is -2.21. The van der Waals surface area contributed by atoms with Crippen LogP contribution >= 0.6 is 11.6 Å². The summed E-state index contributed by atoms with van der Waals surface area (Å²) in [6, 6.07) is 5.47. The smallest absolute Gasteiger partial charge is 0.223 e. The first-order valence-corrected chi connectivity index (χ1v) is 7.64. The molecule has 4 nitrogen and oxygen atoms in total. The molecule has 0 saturated heterocycles. The quantitative estimate of drug-likeness (QED) is 0.786. The third-order valence-electron chi connectivity index (χ3n) is 3.26. The first kappa shape index (κ1) is 17.5. The van der Waals surface area contributed by atoms with Crippen molar-refractivity contribution < 1.29 is 9.59 Å². The highest BCUT2D eigenvalue weighted by molar-refractivity contribution is 6.31. The number of nitrogens with one attached hydrogen (secondary N) is 1. The molecule has 1 aromatic carbocycles. The highest BCUT2D eigenvalue weighted by Gasteiger charge is 2.14. The maximum atomic E-state index is 11.8.